The van der Waals surface area contributed by atoms with E-state index < -0.39 is 10.0 Å². The van der Waals surface area contributed by atoms with Gasteiger partial charge in [0, 0.05) is 24.9 Å². The maximum atomic E-state index is 12.9. The van der Waals surface area contributed by atoms with Crippen LogP contribution < -0.4 is 4.74 Å². The zero-order chi connectivity index (χ0) is 19.4. The second-order valence-electron chi connectivity index (χ2n) is 6.15. The van der Waals surface area contributed by atoms with Crippen molar-refractivity contribution >= 4 is 21.9 Å². The summed E-state index contributed by atoms with van der Waals surface area (Å²) in [6.07, 6.45) is 1.48. The number of morpholine rings is 1. The lowest BCUT2D eigenvalue weighted by atomic mass is 10.2. The van der Waals surface area contributed by atoms with Crippen LogP contribution in [-0.2, 0) is 14.8 Å². The fraction of sp³-hybridized carbons (Fsp3) is 0.316. The van der Waals surface area contributed by atoms with Crippen LogP contribution >= 0.6 is 0 Å². The van der Waals surface area contributed by atoms with Crippen molar-refractivity contribution in [3.63, 3.8) is 0 Å². The minimum absolute atomic E-state index is 0.0628. The molecule has 0 atom stereocenters. The van der Waals surface area contributed by atoms with E-state index in [1.54, 1.807) is 37.3 Å². The van der Waals surface area contributed by atoms with E-state index in [1.165, 1.54) is 23.7 Å². The Kier molecular flexibility index (Phi) is 5.79. The van der Waals surface area contributed by atoms with Gasteiger partial charge in [0.25, 0.3) is 0 Å². The van der Waals surface area contributed by atoms with Crippen LogP contribution in [0.15, 0.2) is 46.3 Å². The number of rotatable bonds is 5. The maximum absolute atomic E-state index is 12.9. The summed E-state index contributed by atoms with van der Waals surface area (Å²) >= 11 is 0. The number of aliphatic imine (C=N–C) groups is 1. The van der Waals surface area contributed by atoms with E-state index in [0.29, 0.717) is 48.9 Å². The molecule has 27 heavy (non-hydrogen) atoms. The Labute approximate surface area is 158 Å². The molecule has 1 aliphatic rings. The highest BCUT2D eigenvalue weighted by molar-refractivity contribution is 7.89. The Balaban J connectivity index is 1.91. The van der Waals surface area contributed by atoms with Crippen molar-refractivity contribution in [2.24, 2.45) is 4.99 Å². The molecular weight excluding hydrogens is 368 g/mol. The third kappa shape index (κ3) is 4.29. The van der Waals surface area contributed by atoms with Gasteiger partial charge < -0.3 is 14.6 Å². The van der Waals surface area contributed by atoms with Crippen molar-refractivity contribution in [1.29, 1.82) is 0 Å². The van der Waals surface area contributed by atoms with Crippen LogP contribution in [0.3, 0.4) is 0 Å². The summed E-state index contributed by atoms with van der Waals surface area (Å²) in [6.45, 7) is 3.23. The van der Waals surface area contributed by atoms with Crippen LogP contribution in [0, 0.1) is 6.92 Å². The molecular formula is C19H22N2O5S. The van der Waals surface area contributed by atoms with Gasteiger partial charge >= 0.3 is 0 Å². The summed E-state index contributed by atoms with van der Waals surface area (Å²) in [6, 6.07) is 9.83. The lowest BCUT2D eigenvalue weighted by Crippen LogP contribution is -2.40. The number of hydrogen-bond donors (Lipinski definition) is 1. The molecule has 0 aliphatic carbocycles. The summed E-state index contributed by atoms with van der Waals surface area (Å²) in [5.74, 6) is 0.654. The van der Waals surface area contributed by atoms with Crippen LogP contribution in [0.4, 0.5) is 5.69 Å². The molecule has 1 heterocycles. The van der Waals surface area contributed by atoms with Crippen molar-refractivity contribution in [2.45, 2.75) is 11.8 Å². The molecule has 1 N–H and O–H groups in total. The quantitative estimate of drug-likeness (QED) is 0.793. The molecule has 1 saturated heterocycles. The number of hydrogen-bond acceptors (Lipinski definition) is 6. The Morgan fingerprint density at radius 1 is 1.19 bits per heavy atom. The van der Waals surface area contributed by atoms with Gasteiger partial charge in [-0.25, -0.2) is 8.42 Å². The minimum atomic E-state index is -3.61. The van der Waals surface area contributed by atoms with Gasteiger partial charge in [-0.3, -0.25) is 4.99 Å². The number of benzene rings is 2. The van der Waals surface area contributed by atoms with Crippen molar-refractivity contribution < 1.29 is 23.0 Å². The van der Waals surface area contributed by atoms with Gasteiger partial charge in [-0.2, -0.15) is 4.31 Å². The van der Waals surface area contributed by atoms with E-state index in [0.717, 1.165) is 0 Å². The monoisotopic (exact) mass is 390 g/mol. The van der Waals surface area contributed by atoms with Crippen LogP contribution in [-0.4, -0.2) is 57.5 Å². The SMILES string of the molecule is COc1ccc(O)c(C=Nc2ccc(C)c(S(=O)(=O)N3CCOCC3)c2)c1. The summed E-state index contributed by atoms with van der Waals surface area (Å²) < 4.78 is 37.7. The Hall–Kier alpha value is -2.42. The Morgan fingerprint density at radius 3 is 2.63 bits per heavy atom. The summed E-state index contributed by atoms with van der Waals surface area (Å²) in [7, 11) is -2.07. The normalized spacial score (nSPS) is 15.9. The fourth-order valence-electron chi connectivity index (χ4n) is 2.78. The average molecular weight is 390 g/mol. The summed E-state index contributed by atoms with van der Waals surface area (Å²) in [5.41, 5.74) is 1.62. The van der Waals surface area contributed by atoms with Crippen LogP contribution in [0.2, 0.25) is 0 Å². The third-order valence-corrected chi connectivity index (χ3v) is 6.39. The highest BCUT2D eigenvalue weighted by Gasteiger charge is 2.27. The molecule has 0 bridgehead atoms. The van der Waals surface area contributed by atoms with E-state index >= 15 is 0 Å². The van der Waals surface area contributed by atoms with Gasteiger partial charge in [0.2, 0.25) is 10.0 Å². The first-order chi connectivity index (χ1) is 12.9. The van der Waals surface area contributed by atoms with E-state index in [2.05, 4.69) is 4.99 Å². The van der Waals surface area contributed by atoms with E-state index in [9.17, 15) is 13.5 Å². The van der Waals surface area contributed by atoms with Gasteiger partial charge in [-0.15, -0.1) is 0 Å². The van der Waals surface area contributed by atoms with Crippen molar-refractivity contribution in [3.8, 4) is 11.5 Å². The highest BCUT2D eigenvalue weighted by atomic mass is 32.2. The molecule has 0 unspecified atom stereocenters. The van der Waals surface area contributed by atoms with Crippen molar-refractivity contribution in [1.82, 2.24) is 4.31 Å². The standard InChI is InChI=1S/C19H22N2O5S/c1-14-3-4-16(20-13-15-11-17(25-2)5-6-18(15)22)12-19(14)27(23,24)21-7-9-26-10-8-21/h3-6,11-13,22H,7-10H2,1-2H3. The molecule has 1 fully saturated rings. The van der Waals surface area contributed by atoms with E-state index in [-0.39, 0.29) is 10.6 Å². The Morgan fingerprint density at radius 2 is 1.93 bits per heavy atom. The number of aryl methyl sites for hydroxylation is 1. The van der Waals surface area contributed by atoms with Gasteiger partial charge in [0.15, 0.2) is 0 Å². The fourth-order valence-corrected chi connectivity index (χ4v) is 4.43. The average Bonchev–Trinajstić information content (AvgIpc) is 2.69. The number of aromatic hydroxyl groups is 1. The minimum Gasteiger partial charge on any atom is -0.507 e. The zero-order valence-corrected chi connectivity index (χ0v) is 16.1. The van der Waals surface area contributed by atoms with Gasteiger partial charge in [-0.05, 0) is 42.8 Å². The molecule has 2 aromatic carbocycles. The van der Waals surface area contributed by atoms with Gasteiger partial charge in [0.1, 0.15) is 11.5 Å². The Bertz CT molecular complexity index is 951. The number of sulfonamides is 1. The topological polar surface area (TPSA) is 88.4 Å². The predicted octanol–water partition coefficient (Wildman–Crippen LogP) is 2.48. The number of methoxy groups -OCH3 is 1. The number of nitrogens with zero attached hydrogens (tertiary/aromatic N) is 2. The van der Waals surface area contributed by atoms with Gasteiger partial charge in [0.05, 0.1) is 30.9 Å². The first-order valence-corrected chi connectivity index (χ1v) is 9.95. The summed E-state index contributed by atoms with van der Waals surface area (Å²) in [5, 5.41) is 9.95. The molecule has 2 aromatic rings. The summed E-state index contributed by atoms with van der Waals surface area (Å²) in [4.78, 5) is 4.56. The number of ether oxygens (including phenoxy) is 2. The molecule has 8 heteroatoms. The molecule has 7 nitrogen and oxygen atoms in total. The van der Waals surface area contributed by atoms with Crippen molar-refractivity contribution in [3.05, 3.63) is 47.5 Å². The van der Waals surface area contributed by atoms with Gasteiger partial charge in [-0.1, -0.05) is 6.07 Å². The molecule has 0 aromatic heterocycles. The molecule has 144 valence electrons. The predicted molar refractivity (Wildman–Crippen MR) is 103 cm³/mol. The lowest BCUT2D eigenvalue weighted by Gasteiger charge is -2.26. The second-order valence-corrected chi connectivity index (χ2v) is 8.06. The first kappa shape index (κ1) is 19.3. The molecule has 3 rings (SSSR count). The van der Waals surface area contributed by atoms with E-state index in [1.807, 2.05) is 0 Å². The molecule has 0 radical (unpaired) electrons. The first-order valence-electron chi connectivity index (χ1n) is 8.51. The smallest absolute Gasteiger partial charge is 0.243 e. The van der Waals surface area contributed by atoms with Crippen LogP contribution in [0.25, 0.3) is 0 Å². The zero-order valence-electron chi connectivity index (χ0n) is 15.3. The van der Waals surface area contributed by atoms with Crippen LogP contribution in [0.5, 0.6) is 11.5 Å². The molecule has 0 saturated carbocycles. The van der Waals surface area contributed by atoms with Crippen LogP contribution in [0.1, 0.15) is 11.1 Å². The van der Waals surface area contributed by atoms with Crippen molar-refractivity contribution in [2.75, 3.05) is 33.4 Å². The highest BCUT2D eigenvalue weighted by Crippen LogP contribution is 2.27. The van der Waals surface area contributed by atoms with E-state index in [4.69, 9.17) is 9.47 Å². The lowest BCUT2D eigenvalue weighted by molar-refractivity contribution is 0.0730. The third-order valence-electron chi connectivity index (χ3n) is 4.35. The second kappa shape index (κ2) is 8.08. The maximum Gasteiger partial charge on any atom is 0.243 e. The largest absolute Gasteiger partial charge is 0.507 e. The molecule has 0 amide bonds. The number of phenols is 1. The molecule has 1 aliphatic heterocycles. The number of phenolic OH excluding ortho intramolecular Hbond substituents is 1. The molecule has 0 spiro atoms.